The number of β-lactam (4-membered cyclic amide) rings is 1. The second kappa shape index (κ2) is 10.5. The van der Waals surface area contributed by atoms with Crippen molar-refractivity contribution < 1.29 is 43.0 Å². The average molecular weight is 503 g/mol. The van der Waals surface area contributed by atoms with Crippen LogP contribution in [0.3, 0.4) is 0 Å². The van der Waals surface area contributed by atoms with Crippen molar-refractivity contribution in [2.45, 2.75) is 32.2 Å². The third-order valence-electron chi connectivity index (χ3n) is 5.11. The summed E-state index contributed by atoms with van der Waals surface area (Å²) in [4.78, 5) is 64.9. The van der Waals surface area contributed by atoms with Crippen molar-refractivity contribution >= 4 is 46.8 Å². The molecule has 1 fully saturated rings. The minimum absolute atomic E-state index is 0.0459. The number of rotatable bonds is 9. The first-order valence-corrected chi connectivity index (χ1v) is 11.2. The van der Waals surface area contributed by atoms with Gasteiger partial charge in [-0.05, 0) is 44.7 Å². The summed E-state index contributed by atoms with van der Waals surface area (Å²) < 4.78 is 15.1. The van der Waals surface area contributed by atoms with Crippen LogP contribution in [0.15, 0.2) is 41.6 Å². The lowest BCUT2D eigenvalue weighted by Gasteiger charge is -2.47. The Kier molecular flexibility index (Phi) is 7.72. The smallest absolute Gasteiger partial charge is 0.358 e. The lowest BCUT2D eigenvalue weighted by atomic mass is 9.97. The van der Waals surface area contributed by atoms with Gasteiger partial charge in [-0.25, -0.2) is 4.79 Å². The largest absolute Gasteiger partial charge is 0.484 e. The number of para-hydroxylation sites is 1. The second-order valence-electron chi connectivity index (χ2n) is 8.06. The number of carbonyl (C=O) groups excluding carboxylic acids is 5. The molecular weight excluding hydrogens is 480 g/mol. The first-order valence-electron chi connectivity index (χ1n) is 10.3. The highest BCUT2D eigenvalue weighted by Crippen LogP contribution is 2.41. The van der Waals surface area contributed by atoms with Crippen molar-refractivity contribution in [2.24, 2.45) is 5.41 Å². The van der Waals surface area contributed by atoms with Crippen LogP contribution in [-0.4, -0.2) is 69.6 Å². The molecule has 0 radical (unpaired) electrons. The number of amides is 2. The van der Waals surface area contributed by atoms with Gasteiger partial charge in [-0.15, -0.1) is 0 Å². The topological polar surface area (TPSA) is 165 Å². The number of nitrogens with zero attached hydrogens (tertiary/aromatic N) is 3. The molecule has 1 aromatic rings. The molecular formula is C22H22N4O8S. The third-order valence-corrected chi connectivity index (χ3v) is 6.44. The Morgan fingerprint density at radius 1 is 1.23 bits per heavy atom. The number of nitrogens with one attached hydrogen (secondary N) is 1. The molecule has 1 unspecified atom stereocenters. The van der Waals surface area contributed by atoms with E-state index < -0.39 is 47.4 Å². The zero-order valence-electron chi connectivity index (χ0n) is 19.0. The molecule has 0 aliphatic carbocycles. The molecule has 0 aromatic heterocycles. The molecule has 2 aliphatic heterocycles. The average Bonchev–Trinajstić information content (AvgIpc) is 2.86. The summed E-state index contributed by atoms with van der Waals surface area (Å²) in [7, 11) is 0. The zero-order valence-corrected chi connectivity index (χ0v) is 19.9. The molecule has 12 nitrogen and oxygen atoms in total. The fraction of sp³-hybridized carbons (Fsp3) is 0.364. The van der Waals surface area contributed by atoms with Gasteiger partial charge < -0.3 is 29.9 Å². The molecule has 1 saturated heterocycles. The van der Waals surface area contributed by atoms with Crippen LogP contribution >= 0.6 is 11.8 Å². The normalized spacial score (nSPS) is 19.1. The summed E-state index contributed by atoms with van der Waals surface area (Å²) in [6, 6.07) is 7.62. The maximum Gasteiger partial charge on any atom is 0.358 e. The van der Waals surface area contributed by atoms with Gasteiger partial charge in [-0.3, -0.25) is 19.3 Å². The predicted molar refractivity (Wildman–Crippen MR) is 120 cm³/mol. The summed E-state index contributed by atoms with van der Waals surface area (Å²) >= 11 is 0.974. The zero-order chi connectivity index (χ0) is 25.8. The monoisotopic (exact) mass is 502 g/mol. The lowest BCUT2D eigenvalue weighted by molar-refractivity contribution is -0.173. The highest BCUT2D eigenvalue weighted by atomic mass is 32.2. The van der Waals surface area contributed by atoms with Crippen LogP contribution in [0.4, 0.5) is 0 Å². The number of aldehydes is 1. The van der Waals surface area contributed by atoms with E-state index in [0.29, 0.717) is 12.0 Å². The van der Waals surface area contributed by atoms with Gasteiger partial charge in [0.05, 0.1) is 5.57 Å². The van der Waals surface area contributed by atoms with E-state index in [-0.39, 0.29) is 22.9 Å². The molecule has 0 bridgehead atoms. The molecule has 0 saturated carbocycles. The van der Waals surface area contributed by atoms with Crippen molar-refractivity contribution in [2.75, 3.05) is 13.4 Å². The Bertz CT molecular complexity index is 1140. The third kappa shape index (κ3) is 5.42. The number of esters is 2. The molecule has 3 rings (SSSR count). The Morgan fingerprint density at radius 2 is 1.91 bits per heavy atom. The Balaban J connectivity index is 1.65. The van der Waals surface area contributed by atoms with Gasteiger partial charge in [0, 0.05) is 0 Å². The van der Waals surface area contributed by atoms with Crippen molar-refractivity contribution in [3.63, 3.8) is 0 Å². The molecule has 2 heterocycles. The van der Waals surface area contributed by atoms with E-state index >= 15 is 0 Å². The van der Waals surface area contributed by atoms with Gasteiger partial charge in [0.1, 0.15) is 34.6 Å². The first-order chi connectivity index (χ1) is 16.6. The van der Waals surface area contributed by atoms with Crippen LogP contribution < -0.4 is 10.1 Å². The SMILES string of the molecule is CC1=C(C(=O)OCOC(=O)C(C)(C)C=O)N2C(=O)C(NC(=O)COc3ccccc3)[C@@H]2SC1=[N+]=[N-]. The second-order valence-corrected chi connectivity index (χ2v) is 9.17. The summed E-state index contributed by atoms with van der Waals surface area (Å²) in [5.74, 6) is -2.59. The van der Waals surface area contributed by atoms with E-state index in [1.807, 2.05) is 0 Å². The standard InChI is InChI=1S/C22H22N4O8S/c1-12-16(20(30)33-11-34-21(31)22(2,3)10-27)26-18(29)15(19(26)35-17(12)25-23)24-14(28)9-32-13-7-5-4-6-8-13/h4-8,10,15,19H,9,11H2,1-3H3,(H,24,28)/t15?,19-/m0/s1. The molecule has 184 valence electrons. The number of carbonyl (C=O) groups is 5. The quantitative estimate of drug-likeness (QED) is 0.0970. The van der Waals surface area contributed by atoms with E-state index in [2.05, 4.69) is 10.1 Å². The van der Waals surface area contributed by atoms with E-state index in [4.69, 9.17) is 14.2 Å². The van der Waals surface area contributed by atoms with Crippen LogP contribution in [0.1, 0.15) is 20.8 Å². The van der Waals surface area contributed by atoms with Crippen molar-refractivity contribution in [1.82, 2.24) is 10.2 Å². The molecule has 2 atom stereocenters. The van der Waals surface area contributed by atoms with Gasteiger partial charge in [-0.1, -0.05) is 18.2 Å². The molecule has 2 amide bonds. The summed E-state index contributed by atoms with van der Waals surface area (Å²) in [6.45, 7) is 2.99. The van der Waals surface area contributed by atoms with Gasteiger partial charge in [0.2, 0.25) is 6.79 Å². The minimum atomic E-state index is -1.42. The van der Waals surface area contributed by atoms with Gasteiger partial charge in [0.15, 0.2) is 6.61 Å². The summed E-state index contributed by atoms with van der Waals surface area (Å²) in [5.41, 5.74) is 7.88. The van der Waals surface area contributed by atoms with E-state index in [9.17, 15) is 29.5 Å². The fourth-order valence-electron chi connectivity index (χ4n) is 3.11. The van der Waals surface area contributed by atoms with Crippen molar-refractivity contribution in [3.8, 4) is 5.75 Å². The summed E-state index contributed by atoms with van der Waals surface area (Å²) in [6.07, 6.45) is 0.398. The van der Waals surface area contributed by atoms with Crippen LogP contribution in [0, 0.1) is 5.41 Å². The van der Waals surface area contributed by atoms with E-state index in [1.165, 1.54) is 20.8 Å². The number of thioether (sulfide) groups is 1. The highest BCUT2D eigenvalue weighted by Gasteiger charge is 2.57. The van der Waals surface area contributed by atoms with Crippen molar-refractivity contribution in [3.05, 3.63) is 47.1 Å². The minimum Gasteiger partial charge on any atom is -0.484 e. The van der Waals surface area contributed by atoms with E-state index in [1.54, 1.807) is 30.3 Å². The maximum atomic E-state index is 12.8. The first kappa shape index (κ1) is 25.7. The van der Waals surface area contributed by atoms with Crippen molar-refractivity contribution in [1.29, 1.82) is 0 Å². The predicted octanol–water partition coefficient (Wildman–Crippen LogP) is 0.637. The number of hydrogen-bond donors (Lipinski definition) is 1. The van der Waals surface area contributed by atoms with Gasteiger partial charge in [-0.2, -0.15) is 4.79 Å². The maximum absolute atomic E-state index is 12.8. The molecule has 2 aliphatic rings. The Hall–Kier alpha value is -3.96. The number of ether oxygens (including phenoxy) is 3. The Labute approximate surface area is 204 Å². The van der Waals surface area contributed by atoms with Crippen LogP contribution in [0.25, 0.3) is 5.53 Å². The van der Waals surface area contributed by atoms with Crippen LogP contribution in [0.5, 0.6) is 5.75 Å². The van der Waals surface area contributed by atoms with Gasteiger partial charge in [0.25, 0.3) is 11.8 Å². The van der Waals surface area contributed by atoms with E-state index in [0.717, 1.165) is 16.7 Å². The molecule has 1 aromatic carbocycles. The lowest BCUT2D eigenvalue weighted by Crippen LogP contribution is -2.71. The molecule has 35 heavy (non-hydrogen) atoms. The summed E-state index contributed by atoms with van der Waals surface area (Å²) in [5, 5.41) is 1.81. The Morgan fingerprint density at radius 3 is 2.54 bits per heavy atom. The number of benzene rings is 1. The number of fused-ring (bicyclic) bond motifs is 1. The molecule has 0 spiro atoms. The van der Waals surface area contributed by atoms with Gasteiger partial charge >= 0.3 is 17.0 Å². The number of hydrogen-bond acceptors (Lipinski definition) is 9. The fourth-order valence-corrected chi connectivity index (χ4v) is 4.29. The molecule has 13 heteroatoms. The van der Waals surface area contributed by atoms with Crippen LogP contribution in [-0.2, 0) is 33.4 Å². The van der Waals surface area contributed by atoms with Crippen LogP contribution in [0.2, 0.25) is 0 Å². The molecule has 1 N–H and O–H groups in total. The highest BCUT2D eigenvalue weighted by molar-refractivity contribution is 8.14.